The molecule has 0 aliphatic rings. The molecule has 0 rings (SSSR count). The number of rotatable bonds is 9. The Labute approximate surface area is 119 Å². The van der Waals surface area contributed by atoms with Crippen LogP contribution in [0.5, 0.6) is 0 Å². The van der Waals surface area contributed by atoms with Gasteiger partial charge in [-0.2, -0.15) is 0 Å². The lowest BCUT2D eigenvalue weighted by molar-refractivity contribution is 0.503. The summed E-state index contributed by atoms with van der Waals surface area (Å²) in [4.78, 5) is 8.74. The molecule has 0 saturated carbocycles. The Morgan fingerprint density at radius 3 is 1.84 bits per heavy atom. The standard InChI is InChI=1S/C16H29O2P/c1-14(2)8-5-9-15(3)10-6-11-16(4)12-7-13-19(17)18/h8,10,12,19H,5-7,9,11,13H2,1-4H3,(H,17,18)/b15-10+,16-12+. The van der Waals surface area contributed by atoms with Crippen LogP contribution in [0.25, 0.3) is 0 Å². The van der Waals surface area contributed by atoms with Crippen LogP contribution in [-0.4, -0.2) is 11.1 Å². The van der Waals surface area contributed by atoms with Gasteiger partial charge in [-0.05, 0) is 59.8 Å². The highest BCUT2D eigenvalue weighted by molar-refractivity contribution is 7.37. The van der Waals surface area contributed by atoms with Crippen molar-refractivity contribution in [1.29, 1.82) is 0 Å². The first-order chi connectivity index (χ1) is 8.91. The van der Waals surface area contributed by atoms with E-state index in [9.17, 15) is 4.57 Å². The summed E-state index contributed by atoms with van der Waals surface area (Å²) in [7, 11) is -2.29. The first-order valence-electron chi connectivity index (χ1n) is 7.08. The third-order valence-electron chi connectivity index (χ3n) is 2.97. The van der Waals surface area contributed by atoms with Crippen molar-refractivity contribution in [2.45, 2.75) is 59.8 Å². The Balaban J connectivity index is 3.86. The summed E-state index contributed by atoms with van der Waals surface area (Å²) in [6.45, 7) is 8.55. The minimum atomic E-state index is -2.29. The van der Waals surface area contributed by atoms with Gasteiger partial charge in [-0.25, -0.2) is 0 Å². The van der Waals surface area contributed by atoms with Crippen molar-refractivity contribution in [3.63, 3.8) is 0 Å². The second kappa shape index (κ2) is 11.3. The van der Waals surface area contributed by atoms with E-state index in [0.717, 1.165) is 32.1 Å². The molecular weight excluding hydrogens is 255 g/mol. The van der Waals surface area contributed by atoms with Gasteiger partial charge >= 0.3 is 0 Å². The average Bonchev–Trinajstić information content (AvgIpc) is 2.27. The Morgan fingerprint density at radius 2 is 1.37 bits per heavy atom. The molecule has 0 saturated heterocycles. The lowest BCUT2D eigenvalue weighted by Gasteiger charge is -2.01. The molecule has 0 bridgehead atoms. The zero-order chi connectivity index (χ0) is 14.7. The van der Waals surface area contributed by atoms with E-state index in [1.54, 1.807) is 0 Å². The molecule has 1 unspecified atom stereocenters. The fraction of sp³-hybridized carbons (Fsp3) is 0.625. The van der Waals surface area contributed by atoms with Crippen molar-refractivity contribution in [3.05, 3.63) is 34.9 Å². The van der Waals surface area contributed by atoms with Gasteiger partial charge in [0.15, 0.2) is 8.03 Å². The van der Waals surface area contributed by atoms with Gasteiger partial charge in [-0.15, -0.1) is 0 Å². The summed E-state index contributed by atoms with van der Waals surface area (Å²) < 4.78 is 10.6. The molecule has 19 heavy (non-hydrogen) atoms. The number of hydrogen-bond donors (Lipinski definition) is 1. The van der Waals surface area contributed by atoms with Gasteiger partial charge in [0.25, 0.3) is 0 Å². The molecule has 0 radical (unpaired) electrons. The van der Waals surface area contributed by atoms with E-state index in [1.165, 1.54) is 16.7 Å². The maximum Gasteiger partial charge on any atom is 0.189 e. The van der Waals surface area contributed by atoms with Gasteiger partial charge in [-0.3, -0.25) is 4.57 Å². The lowest BCUT2D eigenvalue weighted by Crippen LogP contribution is -1.82. The number of allylic oxidation sites excluding steroid dienone is 6. The first-order valence-corrected chi connectivity index (χ1v) is 8.64. The van der Waals surface area contributed by atoms with Gasteiger partial charge in [-0.1, -0.05) is 34.9 Å². The molecule has 1 atom stereocenters. The first kappa shape index (κ1) is 18.4. The Bertz CT molecular complexity index is 361. The zero-order valence-corrected chi connectivity index (χ0v) is 13.8. The van der Waals surface area contributed by atoms with E-state index in [4.69, 9.17) is 4.89 Å². The molecule has 0 aliphatic heterocycles. The van der Waals surface area contributed by atoms with Crippen LogP contribution in [-0.2, 0) is 4.57 Å². The van der Waals surface area contributed by atoms with E-state index < -0.39 is 8.03 Å². The highest BCUT2D eigenvalue weighted by atomic mass is 31.1. The van der Waals surface area contributed by atoms with Crippen molar-refractivity contribution in [1.82, 2.24) is 0 Å². The minimum absolute atomic E-state index is 0.416. The molecule has 0 heterocycles. The maximum atomic E-state index is 10.6. The molecule has 3 heteroatoms. The van der Waals surface area contributed by atoms with Gasteiger partial charge in [0.1, 0.15) is 0 Å². The van der Waals surface area contributed by atoms with Crippen LogP contribution >= 0.6 is 8.03 Å². The number of hydrogen-bond acceptors (Lipinski definition) is 1. The lowest BCUT2D eigenvalue weighted by atomic mass is 10.1. The monoisotopic (exact) mass is 284 g/mol. The Morgan fingerprint density at radius 1 is 0.895 bits per heavy atom. The fourth-order valence-corrected chi connectivity index (χ4v) is 2.17. The average molecular weight is 284 g/mol. The summed E-state index contributed by atoms with van der Waals surface area (Å²) in [5, 5.41) is 0. The predicted molar refractivity (Wildman–Crippen MR) is 86.1 cm³/mol. The van der Waals surface area contributed by atoms with Crippen LogP contribution in [0.15, 0.2) is 34.9 Å². The zero-order valence-electron chi connectivity index (χ0n) is 12.8. The van der Waals surface area contributed by atoms with Crippen LogP contribution in [0.2, 0.25) is 0 Å². The third-order valence-corrected chi connectivity index (χ3v) is 3.69. The topological polar surface area (TPSA) is 37.3 Å². The van der Waals surface area contributed by atoms with Crippen LogP contribution in [0.3, 0.4) is 0 Å². The third kappa shape index (κ3) is 13.6. The fourth-order valence-electron chi connectivity index (χ4n) is 1.78. The second-order valence-electron chi connectivity index (χ2n) is 5.39. The highest BCUT2D eigenvalue weighted by Crippen LogP contribution is 2.16. The maximum absolute atomic E-state index is 10.6. The molecule has 0 aromatic rings. The molecule has 0 fully saturated rings. The highest BCUT2D eigenvalue weighted by Gasteiger charge is 1.93. The summed E-state index contributed by atoms with van der Waals surface area (Å²) in [6, 6.07) is 0. The molecule has 0 spiro atoms. The molecule has 0 amide bonds. The van der Waals surface area contributed by atoms with Crippen molar-refractivity contribution < 1.29 is 9.46 Å². The van der Waals surface area contributed by atoms with E-state index in [-0.39, 0.29) is 0 Å². The molecular formula is C16H29O2P. The van der Waals surface area contributed by atoms with Crippen LogP contribution < -0.4 is 0 Å². The van der Waals surface area contributed by atoms with Crippen molar-refractivity contribution in [2.24, 2.45) is 0 Å². The van der Waals surface area contributed by atoms with Crippen LogP contribution in [0.1, 0.15) is 59.8 Å². The van der Waals surface area contributed by atoms with Crippen molar-refractivity contribution in [2.75, 3.05) is 6.16 Å². The smallest absolute Gasteiger partial charge is 0.189 e. The molecule has 0 aromatic heterocycles. The normalized spacial score (nSPS) is 14.4. The predicted octanol–water partition coefficient (Wildman–Crippen LogP) is 5.26. The summed E-state index contributed by atoms with van der Waals surface area (Å²) in [5.41, 5.74) is 4.15. The van der Waals surface area contributed by atoms with Crippen molar-refractivity contribution in [3.8, 4) is 0 Å². The molecule has 110 valence electrons. The molecule has 2 nitrogen and oxygen atoms in total. The van der Waals surface area contributed by atoms with Crippen LogP contribution in [0.4, 0.5) is 0 Å². The van der Waals surface area contributed by atoms with Gasteiger partial charge in [0.2, 0.25) is 0 Å². The van der Waals surface area contributed by atoms with Crippen molar-refractivity contribution >= 4 is 8.03 Å². The molecule has 1 N–H and O–H groups in total. The largest absolute Gasteiger partial charge is 0.346 e. The summed E-state index contributed by atoms with van der Waals surface area (Å²) in [6.07, 6.45) is 12.2. The SMILES string of the molecule is CC(C)=CCC/C(C)=C/CC/C(C)=C/CC[PH](=O)O. The van der Waals surface area contributed by atoms with Gasteiger partial charge in [0.05, 0.1) is 0 Å². The quantitative estimate of drug-likeness (QED) is 0.463. The Hall–Kier alpha value is -0.590. The minimum Gasteiger partial charge on any atom is -0.346 e. The summed E-state index contributed by atoms with van der Waals surface area (Å²) in [5.74, 6) is 0. The summed E-state index contributed by atoms with van der Waals surface area (Å²) >= 11 is 0. The van der Waals surface area contributed by atoms with E-state index in [2.05, 4.69) is 45.9 Å². The molecule has 0 aromatic carbocycles. The molecule has 0 aliphatic carbocycles. The van der Waals surface area contributed by atoms with E-state index in [1.807, 2.05) is 0 Å². The van der Waals surface area contributed by atoms with Crippen LogP contribution in [0, 0.1) is 0 Å². The van der Waals surface area contributed by atoms with E-state index in [0.29, 0.717) is 6.16 Å². The second-order valence-corrected chi connectivity index (χ2v) is 6.68. The van der Waals surface area contributed by atoms with Gasteiger partial charge in [0, 0.05) is 6.16 Å². The van der Waals surface area contributed by atoms with E-state index >= 15 is 0 Å². The Kier molecular flexibility index (Phi) is 10.9. The van der Waals surface area contributed by atoms with Gasteiger partial charge < -0.3 is 4.89 Å².